The van der Waals surface area contributed by atoms with Crippen LogP contribution in [0.4, 0.5) is 5.69 Å². The number of likely N-dealkylation sites (N-methyl/N-ethyl adjacent to an activating group) is 1. The van der Waals surface area contributed by atoms with Crippen LogP contribution in [0.3, 0.4) is 0 Å². The molecule has 0 bridgehead atoms. The van der Waals surface area contributed by atoms with E-state index in [0.717, 1.165) is 43.5 Å². The van der Waals surface area contributed by atoms with Crippen LogP contribution in [-0.2, 0) is 22.7 Å². The molecule has 2 amide bonds. The fourth-order valence-corrected chi connectivity index (χ4v) is 3.64. The minimum Gasteiger partial charge on any atom is -0.351 e. The highest BCUT2D eigenvalue weighted by Gasteiger charge is 2.22. The molecule has 1 saturated carbocycles. The minimum absolute atomic E-state index is 0.0150. The van der Waals surface area contributed by atoms with Crippen LogP contribution in [0.5, 0.6) is 0 Å². The summed E-state index contributed by atoms with van der Waals surface area (Å²) < 4.78 is 0. The van der Waals surface area contributed by atoms with Gasteiger partial charge in [0, 0.05) is 24.7 Å². The maximum atomic E-state index is 12.3. The number of carbonyl (C=O) groups is 2. The summed E-state index contributed by atoms with van der Waals surface area (Å²) in [5.41, 5.74) is 2.96. The molecule has 0 radical (unpaired) electrons. The van der Waals surface area contributed by atoms with E-state index < -0.39 is 0 Å². The highest BCUT2D eigenvalue weighted by Crippen LogP contribution is 2.26. The number of hydrogen-bond donors (Lipinski definition) is 2. The first-order valence-corrected chi connectivity index (χ1v) is 9.99. The van der Waals surface area contributed by atoms with Gasteiger partial charge in [-0.3, -0.25) is 14.5 Å². The van der Waals surface area contributed by atoms with E-state index in [9.17, 15) is 9.59 Å². The van der Waals surface area contributed by atoms with Crippen molar-refractivity contribution in [3.05, 3.63) is 65.7 Å². The molecule has 1 aliphatic rings. The Morgan fingerprint density at radius 2 is 1.71 bits per heavy atom. The van der Waals surface area contributed by atoms with Crippen molar-refractivity contribution in [3.8, 4) is 0 Å². The summed E-state index contributed by atoms with van der Waals surface area (Å²) in [4.78, 5) is 26.5. The number of hydrogen-bond acceptors (Lipinski definition) is 3. The number of nitrogens with zero attached hydrogens (tertiary/aromatic N) is 1. The van der Waals surface area contributed by atoms with Crippen LogP contribution in [0, 0.1) is 5.92 Å². The van der Waals surface area contributed by atoms with E-state index in [1.807, 2.05) is 54.4 Å². The van der Waals surface area contributed by atoms with E-state index in [2.05, 4.69) is 22.8 Å². The average molecular weight is 380 g/mol. The fourth-order valence-electron chi connectivity index (χ4n) is 3.64. The van der Waals surface area contributed by atoms with Gasteiger partial charge in [0.1, 0.15) is 0 Å². The van der Waals surface area contributed by atoms with Gasteiger partial charge in [0.05, 0.1) is 6.54 Å². The molecule has 148 valence electrons. The molecule has 5 heteroatoms. The molecule has 5 nitrogen and oxygen atoms in total. The van der Waals surface area contributed by atoms with Crippen molar-refractivity contribution >= 4 is 17.5 Å². The van der Waals surface area contributed by atoms with Gasteiger partial charge in [-0.05, 0) is 43.1 Å². The van der Waals surface area contributed by atoms with Crippen molar-refractivity contribution in [2.75, 3.05) is 18.9 Å². The van der Waals surface area contributed by atoms with Gasteiger partial charge in [0.2, 0.25) is 11.8 Å². The number of anilines is 1. The Balaban J connectivity index is 1.44. The number of nitrogens with one attached hydrogen (secondary N) is 2. The summed E-state index contributed by atoms with van der Waals surface area (Å²) >= 11 is 0. The lowest BCUT2D eigenvalue weighted by molar-refractivity contribution is -0.122. The minimum atomic E-state index is -0.0150. The number of rotatable bonds is 8. The predicted molar refractivity (Wildman–Crippen MR) is 112 cm³/mol. The third-order valence-corrected chi connectivity index (χ3v) is 5.12. The molecule has 2 aromatic carbocycles. The molecule has 0 aliphatic heterocycles. The summed E-state index contributed by atoms with van der Waals surface area (Å²) in [5, 5.41) is 5.97. The number of carbonyl (C=O) groups excluding carboxylic acids is 2. The second-order valence-corrected chi connectivity index (χ2v) is 7.61. The summed E-state index contributed by atoms with van der Waals surface area (Å²) in [5.74, 6) is 0.239. The van der Waals surface area contributed by atoms with Crippen LogP contribution in [0.2, 0.25) is 0 Å². The van der Waals surface area contributed by atoms with E-state index >= 15 is 0 Å². The lowest BCUT2D eigenvalue weighted by atomic mass is 10.1. The lowest BCUT2D eigenvalue weighted by Gasteiger charge is -2.16. The average Bonchev–Trinajstić information content (AvgIpc) is 3.22. The second kappa shape index (κ2) is 10.0. The van der Waals surface area contributed by atoms with Crippen molar-refractivity contribution in [3.63, 3.8) is 0 Å². The first kappa shape index (κ1) is 20.1. The van der Waals surface area contributed by atoms with E-state index in [-0.39, 0.29) is 17.7 Å². The van der Waals surface area contributed by atoms with Crippen molar-refractivity contribution < 1.29 is 9.59 Å². The van der Waals surface area contributed by atoms with Gasteiger partial charge < -0.3 is 10.6 Å². The molecule has 2 aromatic rings. The van der Waals surface area contributed by atoms with Crippen LogP contribution in [-0.4, -0.2) is 30.3 Å². The lowest BCUT2D eigenvalue weighted by Crippen LogP contribution is -2.34. The highest BCUT2D eigenvalue weighted by molar-refractivity contribution is 5.92. The summed E-state index contributed by atoms with van der Waals surface area (Å²) in [6.45, 7) is 1.52. The Bertz CT molecular complexity index is 785. The van der Waals surface area contributed by atoms with Gasteiger partial charge >= 0.3 is 0 Å². The predicted octanol–water partition coefficient (Wildman–Crippen LogP) is 3.56. The largest absolute Gasteiger partial charge is 0.351 e. The third-order valence-electron chi connectivity index (χ3n) is 5.12. The molecule has 28 heavy (non-hydrogen) atoms. The molecular weight excluding hydrogens is 350 g/mol. The van der Waals surface area contributed by atoms with Crippen molar-refractivity contribution in [1.82, 2.24) is 10.2 Å². The zero-order valence-electron chi connectivity index (χ0n) is 16.5. The van der Waals surface area contributed by atoms with Crippen molar-refractivity contribution in [2.45, 2.75) is 38.8 Å². The SMILES string of the molecule is CN(CC(=O)NCc1cccc(NC(=O)C2CCCC2)c1)Cc1ccccc1. The summed E-state index contributed by atoms with van der Waals surface area (Å²) in [7, 11) is 1.94. The van der Waals surface area contributed by atoms with Crippen LogP contribution >= 0.6 is 0 Å². The Morgan fingerprint density at radius 1 is 1.00 bits per heavy atom. The van der Waals surface area contributed by atoms with Gasteiger partial charge in [0.15, 0.2) is 0 Å². The van der Waals surface area contributed by atoms with Crippen molar-refractivity contribution in [2.24, 2.45) is 5.92 Å². The zero-order valence-corrected chi connectivity index (χ0v) is 16.5. The molecule has 0 unspecified atom stereocenters. The first-order chi connectivity index (χ1) is 13.6. The Morgan fingerprint density at radius 3 is 2.46 bits per heavy atom. The Hall–Kier alpha value is -2.66. The second-order valence-electron chi connectivity index (χ2n) is 7.61. The number of benzene rings is 2. The highest BCUT2D eigenvalue weighted by atomic mass is 16.2. The molecule has 0 aromatic heterocycles. The van der Waals surface area contributed by atoms with E-state index in [0.29, 0.717) is 13.1 Å². The molecule has 3 rings (SSSR count). The van der Waals surface area contributed by atoms with Gasteiger partial charge in [0.25, 0.3) is 0 Å². The quantitative estimate of drug-likeness (QED) is 0.737. The van der Waals surface area contributed by atoms with Crippen LogP contribution in [0.15, 0.2) is 54.6 Å². The fraction of sp³-hybridized carbons (Fsp3) is 0.391. The standard InChI is InChI=1S/C23H29N3O2/c1-26(16-18-8-3-2-4-9-18)17-22(27)24-15-19-10-7-13-21(14-19)25-23(28)20-11-5-6-12-20/h2-4,7-10,13-14,20H,5-6,11-12,15-17H2,1H3,(H,24,27)(H,25,28). The smallest absolute Gasteiger partial charge is 0.234 e. The van der Waals surface area contributed by atoms with Crippen LogP contribution < -0.4 is 10.6 Å². The summed E-state index contributed by atoms with van der Waals surface area (Å²) in [6, 6.07) is 17.8. The molecule has 0 spiro atoms. The van der Waals surface area contributed by atoms with Crippen LogP contribution in [0.1, 0.15) is 36.8 Å². The van der Waals surface area contributed by atoms with Crippen LogP contribution in [0.25, 0.3) is 0 Å². The van der Waals surface area contributed by atoms with Gasteiger partial charge in [-0.25, -0.2) is 0 Å². The molecule has 2 N–H and O–H groups in total. The third kappa shape index (κ3) is 6.20. The molecule has 1 aliphatic carbocycles. The van der Waals surface area contributed by atoms with E-state index in [1.165, 1.54) is 5.56 Å². The molecule has 0 saturated heterocycles. The van der Waals surface area contributed by atoms with Gasteiger partial charge in [-0.2, -0.15) is 0 Å². The normalized spacial score (nSPS) is 14.2. The number of amides is 2. The maximum Gasteiger partial charge on any atom is 0.234 e. The van der Waals surface area contributed by atoms with Gasteiger partial charge in [-0.1, -0.05) is 55.3 Å². The Kier molecular flexibility index (Phi) is 7.20. The monoisotopic (exact) mass is 379 g/mol. The molecule has 1 fully saturated rings. The molecular formula is C23H29N3O2. The van der Waals surface area contributed by atoms with E-state index in [1.54, 1.807) is 0 Å². The van der Waals surface area contributed by atoms with Crippen molar-refractivity contribution in [1.29, 1.82) is 0 Å². The first-order valence-electron chi connectivity index (χ1n) is 9.99. The molecule has 0 atom stereocenters. The zero-order chi connectivity index (χ0) is 19.8. The molecule has 0 heterocycles. The maximum absolute atomic E-state index is 12.3. The van der Waals surface area contributed by atoms with E-state index in [4.69, 9.17) is 0 Å². The van der Waals surface area contributed by atoms with Gasteiger partial charge in [-0.15, -0.1) is 0 Å². The topological polar surface area (TPSA) is 61.4 Å². The Labute approximate surface area is 167 Å². The summed E-state index contributed by atoms with van der Waals surface area (Å²) in [6.07, 6.45) is 4.25.